The summed E-state index contributed by atoms with van der Waals surface area (Å²) in [6.07, 6.45) is 1.69. The average molecular weight is 421 g/mol. The van der Waals surface area contributed by atoms with Gasteiger partial charge in [0.25, 0.3) is 0 Å². The second kappa shape index (κ2) is 11.2. The van der Waals surface area contributed by atoms with Gasteiger partial charge in [0, 0.05) is 25.3 Å². The van der Waals surface area contributed by atoms with Crippen LogP contribution in [0.4, 0.5) is 5.82 Å². The summed E-state index contributed by atoms with van der Waals surface area (Å²) in [5, 5.41) is 2.45. The van der Waals surface area contributed by atoms with Crippen LogP contribution in [0.1, 0.15) is 26.5 Å². The molecule has 1 fully saturated rings. The van der Waals surface area contributed by atoms with Crippen LogP contribution in [-0.4, -0.2) is 40.2 Å². The second-order valence-electron chi connectivity index (χ2n) is 5.77. The number of thioether (sulfide) groups is 1. The molecule has 0 aliphatic carbocycles. The van der Waals surface area contributed by atoms with E-state index in [1.165, 1.54) is 11.5 Å². The molecule has 0 bridgehead atoms. The Bertz CT molecular complexity index is 896. The third kappa shape index (κ3) is 6.91. The molecule has 1 amide bonds. The molecule has 1 saturated heterocycles. The number of methoxy groups -OCH3 is 1. The number of ether oxygens (including phenoxy) is 3. The highest BCUT2D eigenvalue weighted by Gasteiger charge is 2.19. The summed E-state index contributed by atoms with van der Waals surface area (Å²) in [5.74, 6) is 2.12. The molecule has 1 unspecified atom stereocenters. The Labute approximate surface area is 172 Å². The van der Waals surface area contributed by atoms with Gasteiger partial charge in [-0.2, -0.15) is 4.98 Å². The second-order valence-corrected chi connectivity index (χ2v) is 6.75. The highest BCUT2D eigenvalue weighted by molar-refractivity contribution is 7.99. The standard InChI is InChI=1S/C10H12O3.C9H11N3O3S/c1-3-10(11)13-9-7-5-4-6-8(9)12-2;1-6(13)10-7-2-3-12(9(14)11-7)8-4-16-5-15-8/h4-7H,3H2,1-2H3;2-3,8H,4-5H2,1H3,(H,10,11,13,14). The molecule has 1 aliphatic heterocycles. The van der Waals surface area contributed by atoms with Gasteiger partial charge in [-0.25, -0.2) is 4.79 Å². The molecule has 1 N–H and O–H groups in total. The van der Waals surface area contributed by atoms with Crippen molar-refractivity contribution >= 4 is 29.5 Å². The zero-order valence-electron chi connectivity index (χ0n) is 16.4. The van der Waals surface area contributed by atoms with E-state index < -0.39 is 5.69 Å². The van der Waals surface area contributed by atoms with Crippen LogP contribution in [0.15, 0.2) is 41.3 Å². The van der Waals surface area contributed by atoms with Crippen LogP contribution in [-0.2, 0) is 14.3 Å². The maximum atomic E-state index is 11.6. The summed E-state index contributed by atoms with van der Waals surface area (Å²) < 4.78 is 16.8. The number of amides is 1. The summed E-state index contributed by atoms with van der Waals surface area (Å²) >= 11 is 1.62. The van der Waals surface area contributed by atoms with Crippen LogP contribution in [0.25, 0.3) is 0 Å². The van der Waals surface area contributed by atoms with E-state index in [4.69, 9.17) is 14.2 Å². The fraction of sp³-hybridized carbons (Fsp3) is 0.368. The number of esters is 1. The number of carbonyl (C=O) groups excluding carboxylic acids is 2. The summed E-state index contributed by atoms with van der Waals surface area (Å²) in [4.78, 5) is 37.1. The lowest BCUT2D eigenvalue weighted by Crippen LogP contribution is -2.28. The molecule has 1 atom stereocenters. The first-order chi connectivity index (χ1) is 13.9. The number of anilines is 1. The Morgan fingerprint density at radius 1 is 1.31 bits per heavy atom. The maximum absolute atomic E-state index is 11.6. The molecule has 1 aromatic carbocycles. The number of benzene rings is 1. The molecule has 0 saturated carbocycles. The van der Waals surface area contributed by atoms with Crippen molar-refractivity contribution < 1.29 is 23.8 Å². The van der Waals surface area contributed by atoms with Gasteiger partial charge >= 0.3 is 11.7 Å². The summed E-state index contributed by atoms with van der Waals surface area (Å²) in [6, 6.07) is 8.64. The largest absolute Gasteiger partial charge is 0.493 e. The quantitative estimate of drug-likeness (QED) is 0.579. The van der Waals surface area contributed by atoms with E-state index in [0.29, 0.717) is 23.9 Å². The van der Waals surface area contributed by atoms with E-state index in [1.54, 1.807) is 56.3 Å². The number of carbonyl (C=O) groups is 2. The zero-order chi connectivity index (χ0) is 21.2. The van der Waals surface area contributed by atoms with Crippen molar-refractivity contribution in [3.05, 3.63) is 47.0 Å². The van der Waals surface area contributed by atoms with E-state index in [0.717, 1.165) is 5.75 Å². The summed E-state index contributed by atoms with van der Waals surface area (Å²) in [7, 11) is 1.54. The van der Waals surface area contributed by atoms with Crippen molar-refractivity contribution in [3.63, 3.8) is 0 Å². The van der Waals surface area contributed by atoms with Gasteiger partial charge in [-0.1, -0.05) is 19.1 Å². The van der Waals surface area contributed by atoms with Gasteiger partial charge in [-0.15, -0.1) is 11.8 Å². The van der Waals surface area contributed by atoms with Crippen molar-refractivity contribution in [1.82, 2.24) is 9.55 Å². The van der Waals surface area contributed by atoms with Gasteiger partial charge < -0.3 is 19.5 Å². The Kier molecular flexibility index (Phi) is 8.68. The molecule has 2 aromatic rings. The lowest BCUT2D eigenvalue weighted by Gasteiger charge is -2.11. The summed E-state index contributed by atoms with van der Waals surface area (Å²) in [5.41, 5.74) is -0.418. The van der Waals surface area contributed by atoms with Gasteiger partial charge in [0.1, 0.15) is 12.0 Å². The Morgan fingerprint density at radius 2 is 2.03 bits per heavy atom. The molecule has 1 aromatic heterocycles. The Balaban J connectivity index is 0.000000212. The predicted molar refractivity (Wildman–Crippen MR) is 109 cm³/mol. The van der Waals surface area contributed by atoms with Crippen molar-refractivity contribution in [2.75, 3.05) is 24.1 Å². The minimum atomic E-state index is -0.418. The average Bonchev–Trinajstić information content (AvgIpc) is 3.23. The van der Waals surface area contributed by atoms with Crippen LogP contribution in [0.2, 0.25) is 0 Å². The van der Waals surface area contributed by atoms with E-state index in [1.807, 2.05) is 6.07 Å². The number of para-hydroxylation sites is 2. The number of aromatic nitrogens is 2. The SMILES string of the molecule is CC(=O)Nc1ccn(C2CSCO2)c(=O)n1.CCC(=O)Oc1ccccc1OC. The van der Waals surface area contributed by atoms with Crippen LogP contribution in [0, 0.1) is 0 Å². The summed E-state index contributed by atoms with van der Waals surface area (Å²) in [6.45, 7) is 3.11. The van der Waals surface area contributed by atoms with Gasteiger partial charge in [-0.05, 0) is 18.2 Å². The highest BCUT2D eigenvalue weighted by Crippen LogP contribution is 2.26. The van der Waals surface area contributed by atoms with Crippen molar-refractivity contribution in [2.45, 2.75) is 26.5 Å². The number of nitrogens with one attached hydrogen (secondary N) is 1. The first-order valence-electron chi connectivity index (χ1n) is 8.84. The molecular formula is C19H23N3O6S. The Morgan fingerprint density at radius 3 is 2.59 bits per heavy atom. The molecule has 3 rings (SSSR count). The maximum Gasteiger partial charge on any atom is 0.351 e. The van der Waals surface area contributed by atoms with Gasteiger partial charge in [-0.3, -0.25) is 14.2 Å². The highest BCUT2D eigenvalue weighted by atomic mass is 32.2. The number of nitrogens with zero attached hydrogens (tertiary/aromatic N) is 2. The smallest absolute Gasteiger partial charge is 0.351 e. The fourth-order valence-corrected chi connectivity index (χ4v) is 3.07. The lowest BCUT2D eigenvalue weighted by atomic mass is 10.3. The molecule has 0 radical (unpaired) electrons. The van der Waals surface area contributed by atoms with E-state index in [9.17, 15) is 14.4 Å². The molecular weight excluding hydrogens is 398 g/mol. The zero-order valence-corrected chi connectivity index (χ0v) is 17.2. The van der Waals surface area contributed by atoms with Crippen LogP contribution in [0.3, 0.4) is 0 Å². The fourth-order valence-electron chi connectivity index (χ4n) is 2.26. The minimum Gasteiger partial charge on any atom is -0.493 e. The molecule has 9 nitrogen and oxygen atoms in total. The van der Waals surface area contributed by atoms with E-state index >= 15 is 0 Å². The first kappa shape index (κ1) is 22.4. The van der Waals surface area contributed by atoms with Crippen molar-refractivity contribution in [1.29, 1.82) is 0 Å². The van der Waals surface area contributed by atoms with Crippen molar-refractivity contribution in [2.24, 2.45) is 0 Å². The topological polar surface area (TPSA) is 109 Å². The van der Waals surface area contributed by atoms with Crippen LogP contribution in [0.5, 0.6) is 11.5 Å². The monoisotopic (exact) mass is 421 g/mol. The van der Waals surface area contributed by atoms with Gasteiger partial charge in [0.15, 0.2) is 11.5 Å². The third-order valence-electron chi connectivity index (χ3n) is 3.63. The number of hydrogen-bond donors (Lipinski definition) is 1. The molecule has 1 aliphatic rings. The molecule has 29 heavy (non-hydrogen) atoms. The van der Waals surface area contributed by atoms with Gasteiger partial charge in [0.2, 0.25) is 5.91 Å². The Hall–Kier alpha value is -2.85. The number of hydrogen-bond acceptors (Lipinski definition) is 8. The lowest BCUT2D eigenvalue weighted by molar-refractivity contribution is -0.134. The number of rotatable bonds is 5. The third-order valence-corrected chi connectivity index (χ3v) is 4.45. The molecule has 2 heterocycles. The molecule has 156 valence electrons. The van der Waals surface area contributed by atoms with Gasteiger partial charge in [0.05, 0.1) is 13.0 Å². The van der Waals surface area contributed by atoms with E-state index in [2.05, 4.69) is 10.3 Å². The van der Waals surface area contributed by atoms with Crippen LogP contribution >= 0.6 is 11.8 Å². The van der Waals surface area contributed by atoms with Crippen molar-refractivity contribution in [3.8, 4) is 11.5 Å². The van der Waals surface area contributed by atoms with Crippen LogP contribution < -0.4 is 20.5 Å². The predicted octanol–water partition coefficient (Wildman–Crippen LogP) is 2.43. The normalized spacial score (nSPS) is 15.1. The first-order valence-corrected chi connectivity index (χ1v) is 9.99. The van der Waals surface area contributed by atoms with E-state index in [-0.39, 0.29) is 23.9 Å². The molecule has 0 spiro atoms. The molecule has 10 heteroatoms. The minimum absolute atomic E-state index is 0.252.